The van der Waals surface area contributed by atoms with Crippen LogP contribution in [0, 0.1) is 0 Å². The summed E-state index contributed by atoms with van der Waals surface area (Å²) < 4.78 is 0. The highest BCUT2D eigenvalue weighted by molar-refractivity contribution is 5.66. The van der Waals surface area contributed by atoms with E-state index in [0.29, 0.717) is 0 Å². The fourth-order valence-corrected chi connectivity index (χ4v) is 2.43. The molecule has 1 aromatic carbocycles. The highest BCUT2D eigenvalue weighted by Crippen LogP contribution is 2.23. The number of aromatic amines is 1. The van der Waals surface area contributed by atoms with Gasteiger partial charge in [-0.15, -0.1) is 0 Å². The number of benzene rings is 1. The molecule has 0 aliphatic rings. The Bertz CT molecular complexity index is 897. The van der Waals surface area contributed by atoms with E-state index < -0.39 is 0 Å². The fourth-order valence-electron chi connectivity index (χ4n) is 2.43. The Morgan fingerprint density at radius 1 is 0.609 bits per heavy atom. The monoisotopic (exact) mass is 298 g/mol. The van der Waals surface area contributed by atoms with Gasteiger partial charge in [-0.2, -0.15) is 0 Å². The lowest BCUT2D eigenvalue weighted by Gasteiger charge is -2.02. The number of nitrogens with one attached hydrogen (secondary N) is 1. The average molecular weight is 298 g/mol. The smallest absolute Gasteiger partial charge is 0.156 e. The van der Waals surface area contributed by atoms with Gasteiger partial charge in [0.2, 0.25) is 0 Å². The fraction of sp³-hybridized carbons (Fsp3) is 0. The molecule has 23 heavy (non-hydrogen) atoms. The summed E-state index contributed by atoms with van der Waals surface area (Å²) in [7, 11) is 0. The summed E-state index contributed by atoms with van der Waals surface area (Å²) in [6.45, 7) is 0. The molecule has 0 aliphatic carbocycles. The van der Waals surface area contributed by atoms with Crippen molar-refractivity contribution in [2.45, 2.75) is 0 Å². The topological polar surface area (TPSA) is 54.5 Å². The molecule has 0 radical (unpaired) electrons. The van der Waals surface area contributed by atoms with Crippen LogP contribution >= 0.6 is 0 Å². The van der Waals surface area contributed by atoms with Crippen molar-refractivity contribution in [1.29, 1.82) is 0 Å². The van der Waals surface area contributed by atoms with E-state index in [1.165, 1.54) is 0 Å². The molecule has 0 spiro atoms. The molecule has 4 rings (SSSR count). The third kappa shape index (κ3) is 2.74. The van der Waals surface area contributed by atoms with Crippen molar-refractivity contribution in [1.82, 2.24) is 19.9 Å². The van der Waals surface area contributed by atoms with Gasteiger partial charge in [0.1, 0.15) is 5.69 Å². The zero-order valence-electron chi connectivity index (χ0n) is 12.3. The highest BCUT2D eigenvalue weighted by atomic mass is 14.9. The van der Waals surface area contributed by atoms with Gasteiger partial charge in [-0.1, -0.05) is 36.4 Å². The predicted molar refractivity (Wildman–Crippen MR) is 90.5 cm³/mol. The van der Waals surface area contributed by atoms with Gasteiger partial charge in [0.25, 0.3) is 0 Å². The largest absolute Gasteiger partial charge is 0.337 e. The molecule has 4 aromatic rings. The Balaban J connectivity index is 1.63. The Morgan fingerprint density at radius 2 is 1.48 bits per heavy atom. The number of H-pyrrole nitrogens is 1. The van der Waals surface area contributed by atoms with Crippen molar-refractivity contribution in [2.24, 2.45) is 0 Å². The molecule has 110 valence electrons. The van der Waals surface area contributed by atoms with Crippen molar-refractivity contribution in [3.8, 4) is 34.0 Å². The van der Waals surface area contributed by atoms with Crippen LogP contribution in [0.2, 0.25) is 0 Å². The highest BCUT2D eigenvalue weighted by Gasteiger charge is 2.07. The molecule has 0 bridgehead atoms. The molecule has 0 atom stereocenters. The lowest BCUT2D eigenvalue weighted by Crippen LogP contribution is -1.86. The van der Waals surface area contributed by atoms with Gasteiger partial charge in [-0.3, -0.25) is 9.97 Å². The van der Waals surface area contributed by atoms with E-state index in [4.69, 9.17) is 0 Å². The van der Waals surface area contributed by atoms with E-state index in [2.05, 4.69) is 32.1 Å². The van der Waals surface area contributed by atoms with Crippen LogP contribution in [0.25, 0.3) is 34.0 Å². The predicted octanol–water partition coefficient (Wildman–Crippen LogP) is 4.20. The van der Waals surface area contributed by atoms with Crippen LogP contribution < -0.4 is 0 Å². The van der Waals surface area contributed by atoms with E-state index in [0.717, 1.165) is 34.0 Å². The first kappa shape index (κ1) is 13.4. The summed E-state index contributed by atoms with van der Waals surface area (Å²) in [5.74, 6) is 0.757. The zero-order valence-corrected chi connectivity index (χ0v) is 12.3. The Hall–Kier alpha value is -3.27. The van der Waals surface area contributed by atoms with Crippen molar-refractivity contribution in [3.63, 3.8) is 0 Å². The molecule has 4 heteroatoms. The molecule has 0 fully saturated rings. The molecule has 1 N–H and O–H groups in total. The summed E-state index contributed by atoms with van der Waals surface area (Å²) in [4.78, 5) is 16.5. The van der Waals surface area contributed by atoms with Crippen molar-refractivity contribution < 1.29 is 0 Å². The number of nitrogens with zero attached hydrogens (tertiary/aromatic N) is 3. The van der Waals surface area contributed by atoms with Gasteiger partial charge in [-0.05, 0) is 24.3 Å². The maximum Gasteiger partial charge on any atom is 0.156 e. The van der Waals surface area contributed by atoms with Crippen LogP contribution in [0.1, 0.15) is 0 Å². The third-order valence-electron chi connectivity index (χ3n) is 3.63. The minimum atomic E-state index is 0.757. The van der Waals surface area contributed by atoms with E-state index in [-0.39, 0.29) is 0 Å². The van der Waals surface area contributed by atoms with E-state index in [1.807, 2.05) is 60.9 Å². The number of pyridine rings is 2. The van der Waals surface area contributed by atoms with E-state index in [9.17, 15) is 0 Å². The second kappa shape index (κ2) is 5.85. The molecule has 0 saturated heterocycles. The molecule has 3 aromatic heterocycles. The summed E-state index contributed by atoms with van der Waals surface area (Å²) in [5, 5.41) is 0. The quantitative estimate of drug-likeness (QED) is 0.616. The van der Waals surface area contributed by atoms with Gasteiger partial charge in [0.15, 0.2) is 5.82 Å². The van der Waals surface area contributed by atoms with Crippen molar-refractivity contribution in [2.75, 3.05) is 0 Å². The third-order valence-corrected chi connectivity index (χ3v) is 3.63. The van der Waals surface area contributed by atoms with Crippen LogP contribution in [-0.4, -0.2) is 19.9 Å². The molecular weight excluding hydrogens is 284 g/mol. The van der Waals surface area contributed by atoms with Crippen LogP contribution in [0.3, 0.4) is 0 Å². The summed E-state index contributed by atoms with van der Waals surface area (Å²) >= 11 is 0. The minimum Gasteiger partial charge on any atom is -0.337 e. The number of rotatable bonds is 3. The van der Waals surface area contributed by atoms with Gasteiger partial charge < -0.3 is 4.98 Å². The summed E-state index contributed by atoms with van der Waals surface area (Å²) in [6, 6.07) is 20.0. The SMILES string of the molecule is c1ccc(-c2ccc(-c3cnc(-c4ccccn4)[nH]3)cn2)cc1. The number of hydrogen-bond acceptors (Lipinski definition) is 3. The van der Waals surface area contributed by atoms with Crippen molar-refractivity contribution in [3.05, 3.63) is 79.3 Å². The Kier molecular flexibility index (Phi) is 3.41. The molecule has 0 saturated carbocycles. The van der Waals surface area contributed by atoms with E-state index >= 15 is 0 Å². The lowest BCUT2D eigenvalue weighted by atomic mass is 10.1. The summed E-state index contributed by atoms with van der Waals surface area (Å²) in [6.07, 6.45) is 5.43. The van der Waals surface area contributed by atoms with Crippen molar-refractivity contribution >= 4 is 0 Å². The Morgan fingerprint density at radius 3 is 2.22 bits per heavy atom. The van der Waals surface area contributed by atoms with Gasteiger partial charge >= 0.3 is 0 Å². The summed E-state index contributed by atoms with van der Waals surface area (Å²) in [5.41, 5.74) is 4.82. The van der Waals surface area contributed by atoms with E-state index in [1.54, 1.807) is 6.20 Å². The van der Waals surface area contributed by atoms with Crippen LogP contribution in [-0.2, 0) is 0 Å². The normalized spacial score (nSPS) is 10.6. The standard InChI is InChI=1S/C19H14N4/c1-2-6-14(7-3-1)16-10-9-15(12-21-16)18-13-22-19(23-18)17-8-4-5-11-20-17/h1-13H,(H,22,23). The van der Waals surface area contributed by atoms with Gasteiger partial charge in [-0.25, -0.2) is 4.98 Å². The molecule has 3 heterocycles. The van der Waals surface area contributed by atoms with Crippen LogP contribution in [0.5, 0.6) is 0 Å². The average Bonchev–Trinajstić information content (AvgIpc) is 3.14. The van der Waals surface area contributed by atoms with Crippen LogP contribution in [0.4, 0.5) is 0 Å². The number of aromatic nitrogens is 4. The van der Waals surface area contributed by atoms with Gasteiger partial charge in [0.05, 0.1) is 17.6 Å². The molecular formula is C19H14N4. The molecule has 0 aliphatic heterocycles. The first-order valence-electron chi connectivity index (χ1n) is 7.38. The maximum atomic E-state index is 4.54. The first-order chi connectivity index (χ1) is 11.4. The van der Waals surface area contributed by atoms with Crippen LogP contribution in [0.15, 0.2) is 79.3 Å². The number of hydrogen-bond donors (Lipinski definition) is 1. The second-order valence-corrected chi connectivity index (χ2v) is 5.16. The zero-order chi connectivity index (χ0) is 15.5. The Labute approximate surface area is 133 Å². The first-order valence-corrected chi connectivity index (χ1v) is 7.38. The molecule has 0 amide bonds. The van der Waals surface area contributed by atoms with Gasteiger partial charge in [0, 0.05) is 23.5 Å². The second-order valence-electron chi connectivity index (χ2n) is 5.16. The maximum absolute atomic E-state index is 4.54. The lowest BCUT2D eigenvalue weighted by molar-refractivity contribution is 1.22. The number of imidazole rings is 1. The minimum absolute atomic E-state index is 0.757. The molecule has 0 unspecified atom stereocenters. The molecule has 4 nitrogen and oxygen atoms in total.